The summed E-state index contributed by atoms with van der Waals surface area (Å²) in [5, 5.41) is 10.3. The number of nitro benzene ring substituents is 1. The van der Waals surface area contributed by atoms with Crippen molar-refractivity contribution in [2.45, 2.75) is 13.8 Å². The third-order valence-electron chi connectivity index (χ3n) is 1.58. The van der Waals surface area contributed by atoms with E-state index in [4.69, 9.17) is 10.6 Å². The molecule has 3 N–H and O–H groups in total. The largest absolute Gasteiger partial charge is 0.484 e. The molecule has 0 bridgehead atoms. The van der Waals surface area contributed by atoms with Crippen molar-refractivity contribution >= 4 is 11.6 Å². The Morgan fingerprint density at radius 3 is 2.35 bits per heavy atom. The summed E-state index contributed by atoms with van der Waals surface area (Å²) in [6.45, 7) is 3.77. The molecule has 1 rings (SSSR count). The smallest absolute Gasteiger partial charge is 0.271 e. The number of non-ortho nitro benzene ring substituents is 1. The number of benzene rings is 1. The van der Waals surface area contributed by atoms with Crippen molar-refractivity contribution in [1.82, 2.24) is 5.43 Å². The first kappa shape index (κ1) is 14.8. The average molecular weight is 241 g/mol. The van der Waals surface area contributed by atoms with Crippen LogP contribution < -0.4 is 16.0 Å². The van der Waals surface area contributed by atoms with Crippen LogP contribution in [0.3, 0.4) is 0 Å². The first-order chi connectivity index (χ1) is 8.13. The second kappa shape index (κ2) is 8.05. The fraction of sp³-hybridized carbons (Fsp3) is 0.300. The van der Waals surface area contributed by atoms with Gasteiger partial charge >= 0.3 is 0 Å². The Morgan fingerprint density at radius 2 is 1.94 bits per heavy atom. The number of hydrazine groups is 1. The van der Waals surface area contributed by atoms with Crippen LogP contribution in [0.1, 0.15) is 13.8 Å². The molecule has 0 radical (unpaired) electrons. The zero-order valence-corrected chi connectivity index (χ0v) is 9.67. The zero-order chi connectivity index (χ0) is 13.3. The predicted molar refractivity (Wildman–Crippen MR) is 62.3 cm³/mol. The van der Waals surface area contributed by atoms with Gasteiger partial charge in [-0.3, -0.25) is 20.3 Å². The van der Waals surface area contributed by atoms with E-state index < -0.39 is 10.8 Å². The summed E-state index contributed by atoms with van der Waals surface area (Å²) in [4.78, 5) is 20.5. The van der Waals surface area contributed by atoms with Gasteiger partial charge in [-0.2, -0.15) is 0 Å². The van der Waals surface area contributed by atoms with E-state index in [-0.39, 0.29) is 12.3 Å². The maximum atomic E-state index is 10.7. The van der Waals surface area contributed by atoms with E-state index in [0.29, 0.717) is 5.75 Å². The van der Waals surface area contributed by atoms with Gasteiger partial charge in [-0.1, -0.05) is 13.8 Å². The molecule has 0 atom stereocenters. The van der Waals surface area contributed by atoms with Crippen LogP contribution in [-0.2, 0) is 4.79 Å². The zero-order valence-electron chi connectivity index (χ0n) is 9.67. The molecule has 7 heteroatoms. The molecule has 0 aromatic heterocycles. The maximum absolute atomic E-state index is 10.7. The molecular formula is C10H15N3O4. The van der Waals surface area contributed by atoms with Crippen molar-refractivity contribution in [3.63, 3.8) is 0 Å². The number of carbonyl (C=O) groups excluding carboxylic acids is 1. The van der Waals surface area contributed by atoms with Crippen LogP contribution in [0.15, 0.2) is 24.3 Å². The minimum atomic E-state index is -0.517. The number of nitrogens with zero attached hydrogens (tertiary/aromatic N) is 1. The minimum absolute atomic E-state index is 0.0365. The highest BCUT2D eigenvalue weighted by Crippen LogP contribution is 2.16. The fourth-order valence-corrected chi connectivity index (χ4v) is 0.855. The Labute approximate surface area is 98.7 Å². The highest BCUT2D eigenvalue weighted by molar-refractivity contribution is 5.76. The van der Waals surface area contributed by atoms with Crippen molar-refractivity contribution in [2.24, 2.45) is 5.84 Å². The number of carbonyl (C=O) groups is 1. The third kappa shape index (κ3) is 5.47. The summed E-state index contributed by atoms with van der Waals surface area (Å²) in [6.07, 6.45) is 0. The topological polar surface area (TPSA) is 107 Å². The third-order valence-corrected chi connectivity index (χ3v) is 1.58. The van der Waals surface area contributed by atoms with Gasteiger partial charge in [0.15, 0.2) is 6.61 Å². The van der Waals surface area contributed by atoms with Gasteiger partial charge in [-0.05, 0) is 12.1 Å². The molecule has 7 nitrogen and oxygen atoms in total. The van der Waals surface area contributed by atoms with E-state index in [1.807, 2.05) is 19.3 Å². The Bertz CT molecular complexity index is 364. The van der Waals surface area contributed by atoms with Crippen LogP contribution in [0, 0.1) is 10.1 Å². The van der Waals surface area contributed by atoms with Crippen molar-refractivity contribution in [3.05, 3.63) is 34.4 Å². The second-order valence-corrected chi connectivity index (χ2v) is 2.61. The summed E-state index contributed by atoms with van der Waals surface area (Å²) < 4.78 is 4.98. The highest BCUT2D eigenvalue weighted by atomic mass is 16.6. The molecule has 0 heterocycles. The van der Waals surface area contributed by atoms with Crippen LogP contribution in [0.4, 0.5) is 5.69 Å². The molecule has 0 saturated carbocycles. The Morgan fingerprint density at radius 1 is 1.41 bits per heavy atom. The van der Waals surface area contributed by atoms with Crippen LogP contribution in [0.5, 0.6) is 5.75 Å². The van der Waals surface area contributed by atoms with Crippen molar-refractivity contribution < 1.29 is 14.5 Å². The SMILES string of the molecule is CC.NNC(=O)COc1ccc([N+](=O)[O-])cc1. The van der Waals surface area contributed by atoms with Crippen LogP contribution in [-0.4, -0.2) is 17.4 Å². The van der Waals surface area contributed by atoms with Crippen molar-refractivity contribution in [3.8, 4) is 5.75 Å². The second-order valence-electron chi connectivity index (χ2n) is 2.61. The van der Waals surface area contributed by atoms with Gasteiger partial charge in [-0.25, -0.2) is 5.84 Å². The van der Waals surface area contributed by atoms with Crippen LogP contribution in [0.2, 0.25) is 0 Å². The highest BCUT2D eigenvalue weighted by Gasteiger charge is 2.05. The lowest BCUT2D eigenvalue weighted by Gasteiger charge is -2.03. The van der Waals surface area contributed by atoms with Crippen molar-refractivity contribution in [1.29, 1.82) is 0 Å². The van der Waals surface area contributed by atoms with E-state index in [0.717, 1.165) is 0 Å². The summed E-state index contributed by atoms with van der Waals surface area (Å²) in [7, 11) is 0. The quantitative estimate of drug-likeness (QED) is 0.353. The molecule has 0 fully saturated rings. The van der Waals surface area contributed by atoms with Crippen molar-refractivity contribution in [2.75, 3.05) is 6.61 Å². The molecule has 0 spiro atoms. The Balaban J connectivity index is 0.00000121. The number of hydrogen-bond donors (Lipinski definition) is 2. The monoisotopic (exact) mass is 241 g/mol. The Kier molecular flexibility index (Phi) is 7.04. The molecule has 0 aliphatic rings. The van der Waals surface area contributed by atoms with Gasteiger partial charge in [0.25, 0.3) is 11.6 Å². The van der Waals surface area contributed by atoms with E-state index >= 15 is 0 Å². The van der Waals surface area contributed by atoms with E-state index in [1.165, 1.54) is 24.3 Å². The number of rotatable bonds is 4. The lowest BCUT2D eigenvalue weighted by atomic mass is 10.3. The number of nitro groups is 1. The molecule has 1 amide bonds. The first-order valence-corrected chi connectivity index (χ1v) is 5.00. The number of nitrogens with one attached hydrogen (secondary N) is 1. The molecule has 1 aromatic carbocycles. The summed E-state index contributed by atoms with van der Waals surface area (Å²) in [5.41, 5.74) is 1.86. The standard InChI is InChI=1S/C8H9N3O4.C2H6/c9-10-8(12)5-15-7-3-1-6(2-4-7)11(13)14;1-2/h1-4H,5,9H2,(H,10,12);1-2H3. The molecule has 0 saturated heterocycles. The summed E-state index contributed by atoms with van der Waals surface area (Å²) in [5.74, 6) is 4.72. The number of hydrogen-bond acceptors (Lipinski definition) is 5. The first-order valence-electron chi connectivity index (χ1n) is 5.00. The van der Waals surface area contributed by atoms with E-state index in [9.17, 15) is 14.9 Å². The molecule has 94 valence electrons. The normalized spacial score (nSPS) is 8.65. The van der Waals surface area contributed by atoms with E-state index in [1.54, 1.807) is 0 Å². The summed E-state index contributed by atoms with van der Waals surface area (Å²) in [6, 6.07) is 5.38. The predicted octanol–water partition coefficient (Wildman–Crippen LogP) is 0.990. The molecule has 0 unspecified atom stereocenters. The van der Waals surface area contributed by atoms with Gasteiger partial charge in [0.1, 0.15) is 5.75 Å². The van der Waals surface area contributed by atoms with Gasteiger partial charge in [0, 0.05) is 12.1 Å². The van der Waals surface area contributed by atoms with Gasteiger partial charge in [-0.15, -0.1) is 0 Å². The van der Waals surface area contributed by atoms with Crippen LogP contribution >= 0.6 is 0 Å². The number of amides is 1. The lowest BCUT2D eigenvalue weighted by Crippen LogP contribution is -2.34. The van der Waals surface area contributed by atoms with Gasteiger partial charge < -0.3 is 4.74 Å². The maximum Gasteiger partial charge on any atom is 0.271 e. The molecule has 0 aliphatic heterocycles. The number of nitrogens with two attached hydrogens (primary N) is 1. The van der Waals surface area contributed by atoms with Gasteiger partial charge in [0.2, 0.25) is 0 Å². The molecular weight excluding hydrogens is 226 g/mol. The molecule has 0 aliphatic carbocycles. The number of ether oxygens (including phenoxy) is 1. The average Bonchev–Trinajstić information content (AvgIpc) is 2.38. The van der Waals surface area contributed by atoms with Gasteiger partial charge in [0.05, 0.1) is 4.92 Å². The van der Waals surface area contributed by atoms with Crippen LogP contribution in [0.25, 0.3) is 0 Å². The minimum Gasteiger partial charge on any atom is -0.484 e. The van der Waals surface area contributed by atoms with E-state index in [2.05, 4.69) is 0 Å². The fourth-order valence-electron chi connectivity index (χ4n) is 0.855. The molecule has 17 heavy (non-hydrogen) atoms. The molecule has 1 aromatic rings. The lowest BCUT2D eigenvalue weighted by molar-refractivity contribution is -0.384. The summed E-state index contributed by atoms with van der Waals surface area (Å²) >= 11 is 0. The Hall–Kier alpha value is -2.15.